The Kier molecular flexibility index (Phi) is 7.22. The van der Waals surface area contributed by atoms with Crippen LogP contribution in [0.4, 0.5) is 0 Å². The number of rotatable bonds is 3. The SMILES string of the molecule is CC1CC(c2ccc(Br)cn2)=NO1.CCCC(=O)OC. The Hall–Kier alpha value is -1.43. The van der Waals surface area contributed by atoms with Gasteiger partial charge in [0.2, 0.25) is 0 Å². The van der Waals surface area contributed by atoms with Crippen LogP contribution >= 0.6 is 15.9 Å². The molecule has 1 aliphatic heterocycles. The van der Waals surface area contributed by atoms with Crippen LogP contribution in [0.5, 0.6) is 0 Å². The smallest absolute Gasteiger partial charge is 0.305 e. The maximum absolute atomic E-state index is 10.2. The topological polar surface area (TPSA) is 60.8 Å². The van der Waals surface area contributed by atoms with Gasteiger partial charge in [0, 0.05) is 23.5 Å². The van der Waals surface area contributed by atoms with Gasteiger partial charge in [0.25, 0.3) is 0 Å². The normalized spacial score (nSPS) is 16.6. The van der Waals surface area contributed by atoms with Crippen molar-refractivity contribution in [1.29, 1.82) is 0 Å². The second-order valence-corrected chi connectivity index (χ2v) is 5.26. The van der Waals surface area contributed by atoms with Crippen molar-refractivity contribution in [2.24, 2.45) is 5.16 Å². The third kappa shape index (κ3) is 5.69. The van der Waals surface area contributed by atoms with E-state index in [-0.39, 0.29) is 12.1 Å². The van der Waals surface area contributed by atoms with Gasteiger partial charge in [-0.3, -0.25) is 9.78 Å². The lowest BCUT2D eigenvalue weighted by Crippen LogP contribution is -2.04. The number of hydrogen-bond donors (Lipinski definition) is 0. The van der Waals surface area contributed by atoms with Crippen molar-refractivity contribution in [3.05, 3.63) is 28.5 Å². The molecule has 0 bridgehead atoms. The molecule has 1 aromatic rings. The van der Waals surface area contributed by atoms with Crippen molar-refractivity contribution >= 4 is 27.6 Å². The van der Waals surface area contributed by atoms with Gasteiger partial charge in [-0.2, -0.15) is 0 Å². The highest BCUT2D eigenvalue weighted by molar-refractivity contribution is 9.10. The third-order valence-electron chi connectivity index (χ3n) is 2.53. The largest absolute Gasteiger partial charge is 0.469 e. The molecule has 1 unspecified atom stereocenters. The number of ether oxygens (including phenoxy) is 1. The zero-order chi connectivity index (χ0) is 15.0. The van der Waals surface area contributed by atoms with Gasteiger partial charge in [-0.1, -0.05) is 12.1 Å². The Morgan fingerprint density at radius 1 is 1.55 bits per heavy atom. The highest BCUT2D eigenvalue weighted by Crippen LogP contribution is 2.16. The number of aromatic nitrogens is 1. The molecule has 110 valence electrons. The first-order chi connectivity index (χ1) is 9.56. The highest BCUT2D eigenvalue weighted by atomic mass is 79.9. The lowest BCUT2D eigenvalue weighted by atomic mass is 10.1. The van der Waals surface area contributed by atoms with E-state index in [1.807, 2.05) is 26.0 Å². The molecule has 0 fully saturated rings. The maximum atomic E-state index is 10.2. The third-order valence-corrected chi connectivity index (χ3v) is 3.00. The number of carbonyl (C=O) groups excluding carboxylic acids is 1. The van der Waals surface area contributed by atoms with E-state index in [1.165, 1.54) is 7.11 Å². The van der Waals surface area contributed by atoms with E-state index in [1.54, 1.807) is 6.20 Å². The summed E-state index contributed by atoms with van der Waals surface area (Å²) in [4.78, 5) is 19.5. The molecule has 0 spiro atoms. The monoisotopic (exact) mass is 342 g/mol. The fraction of sp³-hybridized carbons (Fsp3) is 0.500. The number of oxime groups is 1. The molecule has 0 aromatic carbocycles. The quantitative estimate of drug-likeness (QED) is 0.790. The maximum Gasteiger partial charge on any atom is 0.305 e. The fourth-order valence-corrected chi connectivity index (χ4v) is 1.74. The van der Waals surface area contributed by atoms with Crippen LogP contribution in [0.25, 0.3) is 0 Å². The molecule has 0 N–H and O–H groups in total. The van der Waals surface area contributed by atoms with Crippen molar-refractivity contribution in [3.63, 3.8) is 0 Å². The average molecular weight is 343 g/mol. The summed E-state index contributed by atoms with van der Waals surface area (Å²) in [7, 11) is 1.40. The minimum Gasteiger partial charge on any atom is -0.469 e. The van der Waals surface area contributed by atoms with Crippen LogP contribution in [-0.4, -0.2) is 29.9 Å². The molecule has 0 amide bonds. The summed E-state index contributed by atoms with van der Waals surface area (Å²) in [6, 6.07) is 3.89. The summed E-state index contributed by atoms with van der Waals surface area (Å²) in [5.74, 6) is -0.123. The average Bonchev–Trinajstić information content (AvgIpc) is 2.87. The van der Waals surface area contributed by atoms with Gasteiger partial charge in [0.1, 0.15) is 11.8 Å². The minimum atomic E-state index is -0.123. The Labute approximate surface area is 127 Å². The molecule has 1 atom stereocenters. The molecule has 1 aliphatic rings. The first-order valence-electron chi connectivity index (χ1n) is 6.48. The first kappa shape index (κ1) is 16.6. The van der Waals surface area contributed by atoms with Crippen LogP contribution in [-0.2, 0) is 14.4 Å². The van der Waals surface area contributed by atoms with Crippen LogP contribution in [0.1, 0.15) is 38.8 Å². The second-order valence-electron chi connectivity index (χ2n) is 4.35. The van der Waals surface area contributed by atoms with Crippen LogP contribution in [0.15, 0.2) is 28.0 Å². The van der Waals surface area contributed by atoms with Gasteiger partial charge in [0.15, 0.2) is 0 Å². The molecule has 1 aromatic heterocycles. The van der Waals surface area contributed by atoms with E-state index < -0.39 is 0 Å². The number of halogens is 1. The molecule has 0 saturated carbocycles. The van der Waals surface area contributed by atoms with Crippen molar-refractivity contribution in [1.82, 2.24) is 4.98 Å². The molecular weight excluding hydrogens is 324 g/mol. The number of methoxy groups -OCH3 is 1. The molecule has 0 saturated heterocycles. The first-order valence-corrected chi connectivity index (χ1v) is 7.27. The minimum absolute atomic E-state index is 0.123. The summed E-state index contributed by atoms with van der Waals surface area (Å²) in [5, 5.41) is 3.96. The molecular formula is C14H19BrN2O3. The lowest BCUT2D eigenvalue weighted by Gasteiger charge is -1.97. The van der Waals surface area contributed by atoms with E-state index >= 15 is 0 Å². The summed E-state index contributed by atoms with van der Waals surface area (Å²) in [6.07, 6.45) is 4.19. The number of hydrogen-bond acceptors (Lipinski definition) is 5. The zero-order valence-corrected chi connectivity index (χ0v) is 13.5. The predicted molar refractivity (Wildman–Crippen MR) is 80.6 cm³/mol. The molecule has 5 nitrogen and oxygen atoms in total. The summed E-state index contributed by atoms with van der Waals surface area (Å²) >= 11 is 3.33. The second kappa shape index (κ2) is 8.68. The van der Waals surface area contributed by atoms with E-state index in [2.05, 4.69) is 30.8 Å². The summed E-state index contributed by atoms with van der Waals surface area (Å²) < 4.78 is 5.33. The fourth-order valence-electron chi connectivity index (χ4n) is 1.50. The van der Waals surface area contributed by atoms with Crippen molar-refractivity contribution in [2.75, 3.05) is 7.11 Å². The van der Waals surface area contributed by atoms with Gasteiger partial charge >= 0.3 is 5.97 Å². The van der Waals surface area contributed by atoms with Crippen LogP contribution in [0.3, 0.4) is 0 Å². The van der Waals surface area contributed by atoms with Crippen molar-refractivity contribution in [2.45, 2.75) is 39.2 Å². The zero-order valence-electron chi connectivity index (χ0n) is 11.9. The van der Waals surface area contributed by atoms with Crippen molar-refractivity contribution in [3.8, 4) is 0 Å². The van der Waals surface area contributed by atoms with Gasteiger partial charge in [-0.15, -0.1) is 0 Å². The Morgan fingerprint density at radius 3 is 2.70 bits per heavy atom. The highest BCUT2D eigenvalue weighted by Gasteiger charge is 2.18. The predicted octanol–water partition coefficient (Wildman–Crippen LogP) is 3.32. The lowest BCUT2D eigenvalue weighted by molar-refractivity contribution is -0.140. The van der Waals surface area contributed by atoms with E-state index in [0.717, 1.165) is 28.7 Å². The van der Waals surface area contributed by atoms with E-state index in [9.17, 15) is 4.79 Å². The molecule has 0 aliphatic carbocycles. The van der Waals surface area contributed by atoms with Gasteiger partial charge in [-0.25, -0.2) is 0 Å². The van der Waals surface area contributed by atoms with Crippen LogP contribution in [0.2, 0.25) is 0 Å². The Bertz CT molecular complexity index is 460. The number of esters is 1. The molecule has 2 heterocycles. The van der Waals surface area contributed by atoms with E-state index in [4.69, 9.17) is 4.84 Å². The Balaban J connectivity index is 0.000000246. The molecule has 2 rings (SSSR count). The number of pyridine rings is 1. The van der Waals surface area contributed by atoms with Crippen LogP contribution in [0, 0.1) is 0 Å². The van der Waals surface area contributed by atoms with Gasteiger partial charge in [0.05, 0.1) is 12.8 Å². The van der Waals surface area contributed by atoms with Crippen LogP contribution < -0.4 is 0 Å². The Morgan fingerprint density at radius 2 is 2.30 bits per heavy atom. The van der Waals surface area contributed by atoms with Gasteiger partial charge < -0.3 is 9.57 Å². The standard InChI is InChI=1S/C9H9BrN2O.C5H10O2/c1-6-4-9(12-13-6)8-3-2-7(10)5-11-8;1-3-4-5(6)7-2/h2-3,5-6H,4H2,1H3;3-4H2,1-2H3. The summed E-state index contributed by atoms with van der Waals surface area (Å²) in [5.41, 5.74) is 1.83. The molecule has 20 heavy (non-hydrogen) atoms. The van der Waals surface area contributed by atoms with E-state index in [0.29, 0.717) is 6.42 Å². The number of carbonyl (C=O) groups is 1. The molecule has 0 radical (unpaired) electrons. The molecule has 6 heteroatoms. The summed E-state index contributed by atoms with van der Waals surface area (Å²) in [6.45, 7) is 3.94. The number of nitrogens with zero attached hydrogens (tertiary/aromatic N) is 2. The van der Waals surface area contributed by atoms with Gasteiger partial charge in [-0.05, 0) is 41.4 Å². The van der Waals surface area contributed by atoms with Crippen molar-refractivity contribution < 1.29 is 14.4 Å².